The number of carbonyl (C=O) groups is 1. The molecule has 1 N–H and O–H groups in total. The van der Waals surface area contributed by atoms with E-state index in [0.29, 0.717) is 47.4 Å². The monoisotopic (exact) mass is 424 g/mol. The Hall–Kier alpha value is -3.23. The highest BCUT2D eigenvalue weighted by Crippen LogP contribution is 2.34. The summed E-state index contributed by atoms with van der Waals surface area (Å²) in [7, 11) is 0. The molecule has 0 aliphatic rings. The van der Waals surface area contributed by atoms with E-state index in [1.807, 2.05) is 32.9 Å². The van der Waals surface area contributed by atoms with Crippen LogP contribution in [0.4, 0.5) is 5.69 Å². The topological polar surface area (TPSA) is 71.4 Å². The average Bonchev–Trinajstić information content (AvgIpc) is 2.71. The minimum absolute atomic E-state index is 0.0390. The third-order valence-electron chi connectivity index (χ3n) is 4.21. The molecule has 0 saturated carbocycles. The summed E-state index contributed by atoms with van der Waals surface area (Å²) >= 11 is 6.11. The molecule has 156 valence electrons. The Morgan fingerprint density at radius 1 is 1.23 bits per heavy atom. The van der Waals surface area contributed by atoms with Crippen LogP contribution in [0.2, 0.25) is 5.02 Å². The van der Waals surface area contributed by atoms with E-state index in [9.17, 15) is 10.1 Å². The average molecular weight is 425 g/mol. The van der Waals surface area contributed by atoms with Gasteiger partial charge in [0.2, 0.25) is 0 Å². The minimum Gasteiger partial charge on any atom is -0.490 e. The lowest BCUT2D eigenvalue weighted by atomic mass is 10.0. The van der Waals surface area contributed by atoms with Gasteiger partial charge in [0.05, 0.1) is 13.2 Å². The lowest BCUT2D eigenvalue weighted by Crippen LogP contribution is -2.13. The predicted octanol–water partition coefficient (Wildman–Crippen LogP) is 5.72. The van der Waals surface area contributed by atoms with Crippen molar-refractivity contribution in [1.82, 2.24) is 0 Å². The quantitative estimate of drug-likeness (QED) is 0.317. The molecular formula is C24H25ClN2O3. The van der Waals surface area contributed by atoms with Gasteiger partial charge in [0.1, 0.15) is 11.6 Å². The first-order valence-corrected chi connectivity index (χ1v) is 10.0. The highest BCUT2D eigenvalue weighted by Gasteiger charge is 2.15. The minimum atomic E-state index is -0.519. The molecule has 2 rings (SSSR count). The van der Waals surface area contributed by atoms with Gasteiger partial charge in [0, 0.05) is 16.3 Å². The number of hydrogen-bond donors (Lipinski definition) is 1. The van der Waals surface area contributed by atoms with Gasteiger partial charge in [-0.3, -0.25) is 4.79 Å². The van der Waals surface area contributed by atoms with Crippen molar-refractivity contribution >= 4 is 29.3 Å². The lowest BCUT2D eigenvalue weighted by molar-refractivity contribution is -0.112. The molecule has 0 aromatic heterocycles. The molecule has 0 atom stereocenters. The molecule has 5 nitrogen and oxygen atoms in total. The fourth-order valence-corrected chi connectivity index (χ4v) is 3.01. The summed E-state index contributed by atoms with van der Waals surface area (Å²) in [5.41, 5.74) is 2.91. The summed E-state index contributed by atoms with van der Waals surface area (Å²) in [5, 5.41) is 12.8. The smallest absolute Gasteiger partial charge is 0.266 e. The van der Waals surface area contributed by atoms with E-state index in [-0.39, 0.29) is 5.57 Å². The number of amides is 1. The second kappa shape index (κ2) is 11.1. The van der Waals surface area contributed by atoms with Gasteiger partial charge in [-0.2, -0.15) is 5.26 Å². The van der Waals surface area contributed by atoms with Gasteiger partial charge >= 0.3 is 0 Å². The number of anilines is 1. The number of halogens is 1. The largest absolute Gasteiger partial charge is 0.490 e. The van der Waals surface area contributed by atoms with E-state index in [0.717, 1.165) is 11.1 Å². The Kier molecular flexibility index (Phi) is 8.52. The van der Waals surface area contributed by atoms with Crippen LogP contribution in [0.5, 0.6) is 11.5 Å². The number of benzene rings is 2. The zero-order valence-electron chi connectivity index (χ0n) is 17.4. The first-order valence-electron chi connectivity index (χ1n) is 9.66. The van der Waals surface area contributed by atoms with Crippen LogP contribution in [0.25, 0.3) is 6.08 Å². The normalized spacial score (nSPS) is 10.8. The summed E-state index contributed by atoms with van der Waals surface area (Å²) in [5.74, 6) is 0.691. The molecule has 2 aromatic carbocycles. The van der Waals surface area contributed by atoms with Crippen molar-refractivity contribution in [3.05, 3.63) is 70.3 Å². The van der Waals surface area contributed by atoms with E-state index in [2.05, 4.69) is 11.9 Å². The Morgan fingerprint density at radius 3 is 2.57 bits per heavy atom. The van der Waals surface area contributed by atoms with Crippen LogP contribution in [0.1, 0.15) is 30.5 Å². The number of nitrogens with one attached hydrogen (secondary N) is 1. The van der Waals surface area contributed by atoms with Crippen molar-refractivity contribution < 1.29 is 14.3 Å². The molecule has 0 aliphatic heterocycles. The van der Waals surface area contributed by atoms with Crippen LogP contribution in [-0.2, 0) is 11.2 Å². The van der Waals surface area contributed by atoms with Gasteiger partial charge in [-0.25, -0.2) is 0 Å². The Morgan fingerprint density at radius 2 is 1.97 bits per heavy atom. The molecular weight excluding hydrogens is 400 g/mol. The number of ether oxygens (including phenoxy) is 2. The molecule has 30 heavy (non-hydrogen) atoms. The third kappa shape index (κ3) is 5.88. The van der Waals surface area contributed by atoms with Gasteiger partial charge in [0.15, 0.2) is 11.5 Å². The SMILES string of the molecule is C=CCc1cc(/C=C(/C#N)C(=O)Nc2ccc(C)c(Cl)c2)cc(OCC)c1OCC. The van der Waals surface area contributed by atoms with Gasteiger partial charge in [-0.1, -0.05) is 23.7 Å². The number of nitriles is 1. The van der Waals surface area contributed by atoms with Crippen LogP contribution in [0.3, 0.4) is 0 Å². The zero-order chi connectivity index (χ0) is 22.1. The summed E-state index contributed by atoms with van der Waals surface area (Å²) in [6, 6.07) is 10.8. The number of aryl methyl sites for hydroxylation is 1. The molecule has 0 heterocycles. The van der Waals surface area contributed by atoms with Crippen LogP contribution >= 0.6 is 11.6 Å². The second-order valence-corrected chi connectivity index (χ2v) is 6.86. The number of allylic oxidation sites excluding steroid dienone is 1. The van der Waals surface area contributed by atoms with Crippen LogP contribution < -0.4 is 14.8 Å². The fraction of sp³-hybridized carbons (Fsp3) is 0.250. The summed E-state index contributed by atoms with van der Waals surface area (Å²) in [6.07, 6.45) is 3.85. The van der Waals surface area contributed by atoms with Gasteiger partial charge < -0.3 is 14.8 Å². The van der Waals surface area contributed by atoms with Crippen molar-refractivity contribution in [2.75, 3.05) is 18.5 Å². The van der Waals surface area contributed by atoms with Gasteiger partial charge in [-0.15, -0.1) is 6.58 Å². The van der Waals surface area contributed by atoms with Gasteiger partial charge in [0.25, 0.3) is 5.91 Å². The maximum Gasteiger partial charge on any atom is 0.266 e. The molecule has 0 bridgehead atoms. The molecule has 0 saturated heterocycles. The maximum atomic E-state index is 12.6. The van der Waals surface area contributed by atoms with E-state index >= 15 is 0 Å². The summed E-state index contributed by atoms with van der Waals surface area (Å²) < 4.78 is 11.5. The van der Waals surface area contributed by atoms with Crippen molar-refractivity contribution in [1.29, 1.82) is 5.26 Å². The zero-order valence-corrected chi connectivity index (χ0v) is 18.2. The first-order chi connectivity index (χ1) is 14.4. The van der Waals surface area contributed by atoms with Gasteiger partial charge in [-0.05, 0) is 68.7 Å². The molecule has 1 amide bonds. The molecule has 0 unspecified atom stereocenters. The van der Waals surface area contributed by atoms with Crippen LogP contribution in [0, 0.1) is 18.3 Å². The van der Waals surface area contributed by atoms with Crippen molar-refractivity contribution in [2.45, 2.75) is 27.2 Å². The predicted molar refractivity (Wildman–Crippen MR) is 121 cm³/mol. The fourth-order valence-electron chi connectivity index (χ4n) is 2.83. The Bertz CT molecular complexity index is 1010. The number of rotatable bonds is 9. The van der Waals surface area contributed by atoms with E-state index in [1.54, 1.807) is 30.3 Å². The summed E-state index contributed by atoms with van der Waals surface area (Å²) in [4.78, 5) is 12.6. The highest BCUT2D eigenvalue weighted by atomic mass is 35.5. The van der Waals surface area contributed by atoms with Crippen LogP contribution in [0.15, 0.2) is 48.6 Å². The lowest BCUT2D eigenvalue weighted by Gasteiger charge is -2.16. The van der Waals surface area contributed by atoms with E-state index < -0.39 is 5.91 Å². The standard InChI is InChI=1S/C24H25ClN2O3/c1-5-8-18-11-17(13-22(29-6-2)23(18)30-7-3)12-19(15-26)24(28)27-20-10-9-16(4)21(25)14-20/h5,9-14H,1,6-8H2,2-4H3,(H,27,28)/b19-12-. The van der Waals surface area contributed by atoms with Crippen molar-refractivity contribution in [3.8, 4) is 17.6 Å². The first kappa shape index (κ1) is 23.1. The second-order valence-electron chi connectivity index (χ2n) is 6.45. The number of carbonyl (C=O) groups excluding carboxylic acids is 1. The molecule has 0 radical (unpaired) electrons. The summed E-state index contributed by atoms with van der Waals surface area (Å²) in [6.45, 7) is 10.4. The molecule has 0 spiro atoms. The molecule has 0 fully saturated rings. The van der Waals surface area contributed by atoms with Crippen molar-refractivity contribution in [2.24, 2.45) is 0 Å². The highest BCUT2D eigenvalue weighted by molar-refractivity contribution is 6.31. The van der Waals surface area contributed by atoms with E-state index in [1.165, 1.54) is 6.08 Å². The Labute approximate surface area is 182 Å². The molecule has 6 heteroatoms. The van der Waals surface area contributed by atoms with E-state index in [4.69, 9.17) is 21.1 Å². The number of nitrogens with zero attached hydrogens (tertiary/aromatic N) is 1. The Balaban J connectivity index is 2.41. The third-order valence-corrected chi connectivity index (χ3v) is 4.62. The number of hydrogen-bond acceptors (Lipinski definition) is 4. The maximum absolute atomic E-state index is 12.6. The molecule has 0 aliphatic carbocycles. The molecule has 2 aromatic rings. The van der Waals surface area contributed by atoms with Crippen LogP contribution in [-0.4, -0.2) is 19.1 Å². The van der Waals surface area contributed by atoms with Crippen molar-refractivity contribution in [3.63, 3.8) is 0 Å².